The lowest BCUT2D eigenvalue weighted by Gasteiger charge is -2.05. The first-order valence-corrected chi connectivity index (χ1v) is 9.24. The van der Waals surface area contributed by atoms with Gasteiger partial charge in [-0.1, -0.05) is 31.9 Å². The van der Waals surface area contributed by atoms with Gasteiger partial charge in [-0.25, -0.2) is 0 Å². The summed E-state index contributed by atoms with van der Waals surface area (Å²) in [4.78, 5) is 24.3. The van der Waals surface area contributed by atoms with Gasteiger partial charge >= 0.3 is 0 Å². The monoisotopic (exact) mass is 476 g/mol. The highest BCUT2D eigenvalue weighted by Crippen LogP contribution is 2.15. The van der Waals surface area contributed by atoms with Gasteiger partial charge in [0.1, 0.15) is 6.54 Å². The summed E-state index contributed by atoms with van der Waals surface area (Å²) in [6, 6.07) is 16.1. The second-order valence-corrected chi connectivity index (χ2v) is 7.25. The molecule has 0 unspecified atom stereocenters. The van der Waals surface area contributed by atoms with E-state index in [0.717, 1.165) is 8.95 Å². The highest BCUT2D eigenvalue weighted by Gasteiger charge is 2.11. The molecule has 2 aromatic carbocycles. The van der Waals surface area contributed by atoms with Gasteiger partial charge in [-0.05, 0) is 54.6 Å². The number of aromatic nitrogens is 2. The zero-order valence-corrected chi connectivity index (χ0v) is 16.6. The lowest BCUT2D eigenvalue weighted by molar-refractivity contribution is -0.116. The predicted molar refractivity (Wildman–Crippen MR) is 107 cm³/mol. The summed E-state index contributed by atoms with van der Waals surface area (Å²) in [7, 11) is 0. The lowest BCUT2D eigenvalue weighted by atomic mass is 10.3. The van der Waals surface area contributed by atoms with Gasteiger partial charge in [-0.15, -0.1) is 0 Å². The molecule has 0 spiro atoms. The van der Waals surface area contributed by atoms with Crippen molar-refractivity contribution in [1.82, 2.24) is 9.78 Å². The van der Waals surface area contributed by atoms with Crippen molar-refractivity contribution in [3.8, 4) is 0 Å². The van der Waals surface area contributed by atoms with Crippen LogP contribution < -0.4 is 10.6 Å². The van der Waals surface area contributed by atoms with E-state index < -0.39 is 0 Å². The molecule has 2 amide bonds. The summed E-state index contributed by atoms with van der Waals surface area (Å²) in [5.74, 6) is -0.560. The molecular formula is C18H14Br2N4O2. The first-order valence-electron chi connectivity index (χ1n) is 7.65. The van der Waals surface area contributed by atoms with E-state index in [2.05, 4.69) is 47.6 Å². The lowest BCUT2D eigenvalue weighted by Crippen LogP contribution is -2.20. The SMILES string of the molecule is O=C(Cn1ccc(C(=O)Nc2ccc(Br)cc2)n1)Nc1ccc(Br)cc1. The van der Waals surface area contributed by atoms with Crippen molar-refractivity contribution in [3.63, 3.8) is 0 Å². The van der Waals surface area contributed by atoms with E-state index in [-0.39, 0.29) is 24.1 Å². The summed E-state index contributed by atoms with van der Waals surface area (Å²) in [6.45, 7) is 0.0155. The molecule has 0 aliphatic heterocycles. The Morgan fingerprint density at radius 1 is 0.846 bits per heavy atom. The van der Waals surface area contributed by atoms with Crippen molar-refractivity contribution < 1.29 is 9.59 Å². The number of amides is 2. The van der Waals surface area contributed by atoms with Gasteiger partial charge in [0.25, 0.3) is 5.91 Å². The fourth-order valence-electron chi connectivity index (χ4n) is 2.18. The second kappa shape index (κ2) is 8.29. The molecule has 3 aromatic rings. The number of hydrogen-bond donors (Lipinski definition) is 2. The van der Waals surface area contributed by atoms with Gasteiger partial charge in [0.15, 0.2) is 5.69 Å². The fraction of sp³-hybridized carbons (Fsp3) is 0.0556. The number of anilines is 2. The Hall–Kier alpha value is -2.45. The van der Waals surface area contributed by atoms with E-state index >= 15 is 0 Å². The van der Waals surface area contributed by atoms with Crippen LogP contribution in [0.25, 0.3) is 0 Å². The topological polar surface area (TPSA) is 76.0 Å². The Kier molecular flexibility index (Phi) is 5.85. The highest BCUT2D eigenvalue weighted by atomic mass is 79.9. The van der Waals surface area contributed by atoms with E-state index in [0.29, 0.717) is 11.4 Å². The number of nitrogens with zero attached hydrogens (tertiary/aromatic N) is 2. The molecule has 2 N–H and O–H groups in total. The summed E-state index contributed by atoms with van der Waals surface area (Å²) in [5, 5.41) is 9.68. The third-order valence-corrected chi connectivity index (χ3v) is 4.47. The minimum atomic E-state index is -0.334. The molecule has 0 saturated heterocycles. The summed E-state index contributed by atoms with van der Waals surface area (Å²) in [5.41, 5.74) is 1.60. The summed E-state index contributed by atoms with van der Waals surface area (Å²) >= 11 is 6.68. The van der Waals surface area contributed by atoms with Crippen LogP contribution >= 0.6 is 31.9 Å². The van der Waals surface area contributed by atoms with Crippen LogP contribution in [0.3, 0.4) is 0 Å². The molecule has 0 aliphatic carbocycles. The maximum absolute atomic E-state index is 12.2. The van der Waals surface area contributed by atoms with Gasteiger partial charge in [0, 0.05) is 26.5 Å². The average molecular weight is 478 g/mol. The second-order valence-electron chi connectivity index (χ2n) is 5.41. The van der Waals surface area contributed by atoms with Crippen LogP contribution in [0.5, 0.6) is 0 Å². The van der Waals surface area contributed by atoms with Crippen molar-refractivity contribution in [2.24, 2.45) is 0 Å². The summed E-state index contributed by atoms with van der Waals surface area (Å²) in [6.07, 6.45) is 1.59. The molecule has 132 valence electrons. The van der Waals surface area contributed by atoms with Gasteiger partial charge in [-0.3, -0.25) is 14.3 Å². The Balaban J connectivity index is 1.58. The molecule has 0 atom stereocenters. The van der Waals surface area contributed by atoms with Crippen molar-refractivity contribution >= 4 is 55.0 Å². The van der Waals surface area contributed by atoms with E-state index in [1.807, 2.05) is 24.3 Å². The smallest absolute Gasteiger partial charge is 0.276 e. The number of nitrogens with one attached hydrogen (secondary N) is 2. The third kappa shape index (κ3) is 5.03. The van der Waals surface area contributed by atoms with E-state index in [9.17, 15) is 9.59 Å². The predicted octanol–water partition coefficient (Wildman–Crippen LogP) is 4.30. The van der Waals surface area contributed by atoms with Gasteiger partial charge in [-0.2, -0.15) is 5.10 Å². The minimum Gasteiger partial charge on any atom is -0.324 e. The molecule has 1 heterocycles. The number of rotatable bonds is 5. The molecule has 0 bridgehead atoms. The number of carbonyl (C=O) groups excluding carboxylic acids is 2. The van der Waals surface area contributed by atoms with Crippen LogP contribution in [-0.4, -0.2) is 21.6 Å². The quantitative estimate of drug-likeness (QED) is 0.575. The van der Waals surface area contributed by atoms with Crippen LogP contribution in [0.15, 0.2) is 69.7 Å². The van der Waals surface area contributed by atoms with Gasteiger partial charge in [0.05, 0.1) is 0 Å². The highest BCUT2D eigenvalue weighted by molar-refractivity contribution is 9.10. The van der Waals surface area contributed by atoms with Crippen molar-refractivity contribution in [2.45, 2.75) is 6.54 Å². The molecule has 8 heteroatoms. The van der Waals surface area contributed by atoms with Gasteiger partial charge in [0.2, 0.25) is 5.91 Å². The molecule has 0 fully saturated rings. The van der Waals surface area contributed by atoms with Crippen molar-refractivity contribution in [1.29, 1.82) is 0 Å². The number of carbonyl (C=O) groups is 2. The normalized spacial score (nSPS) is 10.4. The first kappa shape index (κ1) is 18.3. The molecule has 3 rings (SSSR count). The van der Waals surface area contributed by atoms with Gasteiger partial charge < -0.3 is 10.6 Å². The van der Waals surface area contributed by atoms with Crippen LogP contribution in [-0.2, 0) is 11.3 Å². The van der Waals surface area contributed by atoms with E-state index in [4.69, 9.17) is 0 Å². The molecular weight excluding hydrogens is 464 g/mol. The van der Waals surface area contributed by atoms with Crippen molar-refractivity contribution in [3.05, 3.63) is 75.4 Å². The standard InChI is InChI=1S/C18H14Br2N4O2/c19-12-1-5-14(6-2-12)21-17(25)11-24-10-9-16(23-24)18(26)22-15-7-3-13(20)4-8-15/h1-10H,11H2,(H,21,25)(H,22,26). The Labute approximate surface area is 166 Å². The van der Waals surface area contributed by atoms with E-state index in [1.54, 1.807) is 36.5 Å². The molecule has 0 radical (unpaired) electrons. The largest absolute Gasteiger partial charge is 0.324 e. The van der Waals surface area contributed by atoms with E-state index in [1.165, 1.54) is 4.68 Å². The number of hydrogen-bond acceptors (Lipinski definition) is 3. The van der Waals surface area contributed by atoms with Crippen LogP contribution in [0, 0.1) is 0 Å². The van der Waals surface area contributed by atoms with Crippen LogP contribution in [0.1, 0.15) is 10.5 Å². The van der Waals surface area contributed by atoms with Crippen LogP contribution in [0.4, 0.5) is 11.4 Å². The minimum absolute atomic E-state index is 0.0155. The molecule has 0 saturated carbocycles. The maximum Gasteiger partial charge on any atom is 0.276 e. The number of halogens is 2. The Morgan fingerprint density at radius 2 is 1.38 bits per heavy atom. The third-order valence-electron chi connectivity index (χ3n) is 3.41. The number of benzene rings is 2. The molecule has 26 heavy (non-hydrogen) atoms. The zero-order chi connectivity index (χ0) is 18.5. The first-order chi connectivity index (χ1) is 12.5. The van der Waals surface area contributed by atoms with Crippen molar-refractivity contribution in [2.75, 3.05) is 10.6 Å². The fourth-order valence-corrected chi connectivity index (χ4v) is 2.71. The van der Waals surface area contributed by atoms with Crippen LogP contribution in [0.2, 0.25) is 0 Å². The molecule has 1 aromatic heterocycles. The zero-order valence-electron chi connectivity index (χ0n) is 13.4. The Bertz CT molecular complexity index is 921. The summed E-state index contributed by atoms with van der Waals surface area (Å²) < 4.78 is 3.28. The molecule has 0 aliphatic rings. The average Bonchev–Trinajstić information content (AvgIpc) is 3.07. The Morgan fingerprint density at radius 3 is 1.96 bits per heavy atom. The maximum atomic E-state index is 12.2. The molecule has 6 nitrogen and oxygen atoms in total.